The van der Waals surface area contributed by atoms with Crippen molar-refractivity contribution >= 4 is 23.0 Å². The van der Waals surface area contributed by atoms with Crippen molar-refractivity contribution in [3.8, 4) is 0 Å². The maximum absolute atomic E-state index is 11.1. The van der Waals surface area contributed by atoms with Crippen molar-refractivity contribution in [1.29, 1.82) is 0 Å². The van der Waals surface area contributed by atoms with Crippen LogP contribution in [0.5, 0.6) is 0 Å². The SMILES string of the molecule is CCCN(CC1CC1)c1cccc(Cl)c1[N+](=O)[O-]. The number of hydrogen-bond donors (Lipinski definition) is 0. The number of hydrogen-bond acceptors (Lipinski definition) is 3. The summed E-state index contributed by atoms with van der Waals surface area (Å²) in [5.41, 5.74) is 0.689. The molecule has 1 aromatic rings. The molecule has 5 heteroatoms. The maximum atomic E-state index is 11.1. The van der Waals surface area contributed by atoms with Crippen LogP contribution in [0, 0.1) is 16.0 Å². The highest BCUT2D eigenvalue weighted by atomic mass is 35.5. The lowest BCUT2D eigenvalue weighted by molar-refractivity contribution is -0.384. The molecule has 0 unspecified atom stereocenters. The summed E-state index contributed by atoms with van der Waals surface area (Å²) in [7, 11) is 0. The summed E-state index contributed by atoms with van der Waals surface area (Å²) in [5.74, 6) is 0.690. The van der Waals surface area contributed by atoms with Crippen LogP contribution < -0.4 is 4.90 Å². The number of para-hydroxylation sites is 1. The molecule has 4 nitrogen and oxygen atoms in total. The van der Waals surface area contributed by atoms with Crippen molar-refractivity contribution in [2.75, 3.05) is 18.0 Å². The second kappa shape index (κ2) is 5.57. The van der Waals surface area contributed by atoms with E-state index in [9.17, 15) is 10.1 Å². The molecule has 18 heavy (non-hydrogen) atoms. The van der Waals surface area contributed by atoms with E-state index in [1.165, 1.54) is 12.8 Å². The van der Waals surface area contributed by atoms with Crippen LogP contribution in [0.3, 0.4) is 0 Å². The fraction of sp³-hybridized carbons (Fsp3) is 0.538. The molecule has 2 rings (SSSR count). The fourth-order valence-electron chi connectivity index (χ4n) is 2.13. The third kappa shape index (κ3) is 2.93. The lowest BCUT2D eigenvalue weighted by atomic mass is 10.2. The molecule has 0 aliphatic heterocycles. The number of anilines is 1. The van der Waals surface area contributed by atoms with E-state index in [0.717, 1.165) is 19.5 Å². The first-order valence-electron chi connectivity index (χ1n) is 6.31. The largest absolute Gasteiger partial charge is 0.366 e. The molecule has 1 aliphatic carbocycles. The molecule has 1 fully saturated rings. The van der Waals surface area contributed by atoms with Gasteiger partial charge in [0, 0.05) is 13.1 Å². The van der Waals surface area contributed by atoms with Gasteiger partial charge in [0.15, 0.2) is 0 Å². The Kier molecular flexibility index (Phi) is 4.07. The molecular formula is C13H17ClN2O2. The minimum atomic E-state index is -0.382. The zero-order valence-electron chi connectivity index (χ0n) is 10.4. The Morgan fingerprint density at radius 3 is 2.78 bits per heavy atom. The lowest BCUT2D eigenvalue weighted by Gasteiger charge is -2.24. The quantitative estimate of drug-likeness (QED) is 0.581. The Balaban J connectivity index is 2.32. The van der Waals surface area contributed by atoms with Crippen LogP contribution in [-0.2, 0) is 0 Å². The summed E-state index contributed by atoms with van der Waals surface area (Å²) < 4.78 is 0. The van der Waals surface area contributed by atoms with E-state index in [2.05, 4.69) is 11.8 Å². The number of halogens is 1. The third-order valence-electron chi connectivity index (χ3n) is 3.16. The van der Waals surface area contributed by atoms with E-state index in [0.29, 0.717) is 11.6 Å². The summed E-state index contributed by atoms with van der Waals surface area (Å²) in [6, 6.07) is 5.15. The third-order valence-corrected chi connectivity index (χ3v) is 3.46. The van der Waals surface area contributed by atoms with Gasteiger partial charge in [-0.1, -0.05) is 24.6 Å². The summed E-state index contributed by atoms with van der Waals surface area (Å²) in [6.45, 7) is 3.81. The highest BCUT2D eigenvalue weighted by molar-refractivity contribution is 6.33. The van der Waals surface area contributed by atoms with E-state index in [1.807, 2.05) is 0 Å². The van der Waals surface area contributed by atoms with Crippen LogP contribution in [0.4, 0.5) is 11.4 Å². The summed E-state index contributed by atoms with van der Waals surface area (Å²) in [5, 5.41) is 11.4. The lowest BCUT2D eigenvalue weighted by Crippen LogP contribution is -2.27. The molecule has 98 valence electrons. The average molecular weight is 269 g/mol. The van der Waals surface area contributed by atoms with Crippen LogP contribution >= 0.6 is 11.6 Å². The zero-order chi connectivity index (χ0) is 13.1. The smallest absolute Gasteiger partial charge is 0.310 e. The molecule has 0 saturated heterocycles. The fourth-order valence-corrected chi connectivity index (χ4v) is 2.37. The van der Waals surface area contributed by atoms with Crippen molar-refractivity contribution < 1.29 is 4.92 Å². The number of rotatable bonds is 6. The highest BCUT2D eigenvalue weighted by Crippen LogP contribution is 2.38. The van der Waals surface area contributed by atoms with Gasteiger partial charge in [0.2, 0.25) is 0 Å². The predicted octanol–water partition coefficient (Wildman–Crippen LogP) is 3.87. The Bertz CT molecular complexity index is 447. The van der Waals surface area contributed by atoms with Crippen LogP contribution in [0.25, 0.3) is 0 Å². The van der Waals surface area contributed by atoms with Gasteiger partial charge in [-0.15, -0.1) is 0 Å². The normalized spacial score (nSPS) is 14.6. The first kappa shape index (κ1) is 13.1. The molecule has 1 aliphatic rings. The van der Waals surface area contributed by atoms with Gasteiger partial charge >= 0.3 is 5.69 Å². The molecule has 0 atom stereocenters. The topological polar surface area (TPSA) is 46.4 Å². The first-order chi connectivity index (χ1) is 8.63. The molecule has 0 N–H and O–H groups in total. The van der Waals surface area contributed by atoms with Crippen LogP contribution in [0.1, 0.15) is 26.2 Å². The van der Waals surface area contributed by atoms with E-state index in [4.69, 9.17) is 11.6 Å². The van der Waals surface area contributed by atoms with Gasteiger partial charge < -0.3 is 4.90 Å². The van der Waals surface area contributed by atoms with Crippen molar-refractivity contribution in [2.24, 2.45) is 5.92 Å². The summed E-state index contributed by atoms with van der Waals surface area (Å²) >= 11 is 5.95. The Labute approximate surface area is 112 Å². The molecule has 0 radical (unpaired) electrons. The molecule has 0 heterocycles. The Morgan fingerprint density at radius 2 is 2.22 bits per heavy atom. The standard InChI is InChI=1S/C13H17ClN2O2/c1-2-8-15(9-10-6-7-10)12-5-3-4-11(14)13(12)16(17)18/h3-5,10H,2,6-9H2,1H3. The van der Waals surface area contributed by atoms with Gasteiger partial charge in [-0.05, 0) is 37.3 Å². The molecule has 0 amide bonds. The molecule has 0 bridgehead atoms. The van der Waals surface area contributed by atoms with Gasteiger partial charge in [0.05, 0.1) is 4.92 Å². The minimum Gasteiger partial charge on any atom is -0.366 e. The molecule has 0 spiro atoms. The molecular weight excluding hydrogens is 252 g/mol. The van der Waals surface area contributed by atoms with Gasteiger partial charge in [-0.25, -0.2) is 0 Å². The van der Waals surface area contributed by atoms with Crippen LogP contribution in [0.15, 0.2) is 18.2 Å². The zero-order valence-corrected chi connectivity index (χ0v) is 11.2. The minimum absolute atomic E-state index is 0.0354. The molecule has 1 aromatic carbocycles. The molecule has 0 aromatic heterocycles. The van der Waals surface area contributed by atoms with E-state index in [1.54, 1.807) is 18.2 Å². The summed E-state index contributed by atoms with van der Waals surface area (Å²) in [6.07, 6.45) is 3.43. The Hall–Kier alpha value is -1.29. The second-order valence-electron chi connectivity index (χ2n) is 4.75. The second-order valence-corrected chi connectivity index (χ2v) is 5.16. The summed E-state index contributed by atoms with van der Waals surface area (Å²) in [4.78, 5) is 12.9. The number of nitro benzene ring substituents is 1. The van der Waals surface area contributed by atoms with Crippen molar-refractivity contribution in [1.82, 2.24) is 0 Å². The average Bonchev–Trinajstić information content (AvgIpc) is 3.11. The van der Waals surface area contributed by atoms with Gasteiger partial charge in [-0.3, -0.25) is 10.1 Å². The Morgan fingerprint density at radius 1 is 1.50 bits per heavy atom. The number of nitrogens with zero attached hydrogens (tertiary/aromatic N) is 2. The van der Waals surface area contributed by atoms with E-state index in [-0.39, 0.29) is 15.6 Å². The van der Waals surface area contributed by atoms with Crippen molar-refractivity contribution in [3.63, 3.8) is 0 Å². The maximum Gasteiger partial charge on any atom is 0.310 e. The highest BCUT2D eigenvalue weighted by Gasteiger charge is 2.28. The molecule has 1 saturated carbocycles. The van der Waals surface area contributed by atoms with Gasteiger partial charge in [0.1, 0.15) is 10.7 Å². The van der Waals surface area contributed by atoms with Crippen molar-refractivity contribution in [2.45, 2.75) is 26.2 Å². The van der Waals surface area contributed by atoms with Crippen LogP contribution in [-0.4, -0.2) is 18.0 Å². The first-order valence-corrected chi connectivity index (χ1v) is 6.69. The van der Waals surface area contributed by atoms with Gasteiger partial charge in [0.25, 0.3) is 0 Å². The van der Waals surface area contributed by atoms with Crippen molar-refractivity contribution in [3.05, 3.63) is 33.3 Å². The van der Waals surface area contributed by atoms with Crippen LogP contribution in [0.2, 0.25) is 5.02 Å². The van der Waals surface area contributed by atoms with E-state index < -0.39 is 0 Å². The van der Waals surface area contributed by atoms with Gasteiger partial charge in [-0.2, -0.15) is 0 Å². The number of nitro groups is 1. The van der Waals surface area contributed by atoms with E-state index >= 15 is 0 Å². The predicted molar refractivity (Wildman–Crippen MR) is 73.3 cm³/mol. The monoisotopic (exact) mass is 268 g/mol. The number of benzene rings is 1.